The maximum absolute atomic E-state index is 13.1. The van der Waals surface area contributed by atoms with Crippen molar-refractivity contribution < 1.29 is 4.74 Å². The molecule has 30 heavy (non-hydrogen) atoms. The van der Waals surface area contributed by atoms with Crippen LogP contribution in [0.5, 0.6) is 0 Å². The molecule has 0 radical (unpaired) electrons. The van der Waals surface area contributed by atoms with Crippen LogP contribution in [0.15, 0.2) is 22.3 Å². The molecule has 2 atom stereocenters. The first-order valence-corrected chi connectivity index (χ1v) is 11.0. The molecule has 0 saturated carbocycles. The summed E-state index contributed by atoms with van der Waals surface area (Å²) >= 11 is 1.56. The van der Waals surface area contributed by atoms with E-state index in [4.69, 9.17) is 15.5 Å². The van der Waals surface area contributed by atoms with Crippen molar-refractivity contribution in [2.24, 2.45) is 18.2 Å². The molecule has 5 heterocycles. The van der Waals surface area contributed by atoms with Crippen molar-refractivity contribution >= 4 is 28.3 Å². The number of ether oxygens (including phenoxy) is 1. The second-order valence-electron chi connectivity index (χ2n) is 8.19. The molecule has 0 amide bonds. The van der Waals surface area contributed by atoms with E-state index in [9.17, 15) is 4.79 Å². The minimum atomic E-state index is -0.144. The van der Waals surface area contributed by atoms with Gasteiger partial charge >= 0.3 is 0 Å². The zero-order valence-electron chi connectivity index (χ0n) is 17.0. The van der Waals surface area contributed by atoms with Crippen LogP contribution in [0.4, 0.5) is 5.95 Å². The number of aromatic amines is 1. The lowest BCUT2D eigenvalue weighted by atomic mass is 9.73. The van der Waals surface area contributed by atoms with E-state index in [1.165, 1.54) is 0 Å². The Balaban J connectivity index is 1.44. The van der Waals surface area contributed by atoms with Crippen LogP contribution in [-0.4, -0.2) is 51.6 Å². The zero-order chi connectivity index (χ0) is 20.9. The Morgan fingerprint density at radius 1 is 1.37 bits per heavy atom. The number of hydrogen-bond acceptors (Lipinski definition) is 7. The van der Waals surface area contributed by atoms with Crippen molar-refractivity contribution in [3.63, 3.8) is 0 Å². The molecule has 2 aliphatic heterocycles. The number of nitrogens with two attached hydrogens (primary N) is 1. The minimum Gasteiger partial charge on any atom is -0.376 e. The number of rotatable bonds is 1. The summed E-state index contributed by atoms with van der Waals surface area (Å²) in [5, 5.41) is 9.53. The van der Waals surface area contributed by atoms with Gasteiger partial charge in [-0.05, 0) is 43.1 Å². The standard InChI is InChI=1S/C21H24N6O2S/c1-13-17(22)21(12-29-13)7-9-27(10-8-21)20-23-18-16(19(28)26(20)2)15(24-25-18)6-5-14-4-3-11-30-14/h3-4,11,13,17H,7-10,12,22H2,1-2H3,(H,24,25)/t13-,17+/m0/s1. The van der Waals surface area contributed by atoms with Gasteiger partial charge < -0.3 is 15.4 Å². The fourth-order valence-corrected chi connectivity index (χ4v) is 5.09. The van der Waals surface area contributed by atoms with Crippen LogP contribution in [0.1, 0.15) is 30.3 Å². The molecular formula is C21H24N6O2S. The smallest absolute Gasteiger partial charge is 0.267 e. The number of hydrogen-bond donors (Lipinski definition) is 2. The van der Waals surface area contributed by atoms with Crippen LogP contribution in [-0.2, 0) is 11.8 Å². The van der Waals surface area contributed by atoms with E-state index in [0.717, 1.165) is 30.8 Å². The summed E-state index contributed by atoms with van der Waals surface area (Å²) < 4.78 is 7.41. The highest BCUT2D eigenvalue weighted by molar-refractivity contribution is 7.10. The van der Waals surface area contributed by atoms with Crippen molar-refractivity contribution in [1.82, 2.24) is 19.7 Å². The van der Waals surface area contributed by atoms with Gasteiger partial charge in [-0.2, -0.15) is 10.1 Å². The lowest BCUT2D eigenvalue weighted by molar-refractivity contribution is 0.0973. The first-order chi connectivity index (χ1) is 14.5. The van der Waals surface area contributed by atoms with Gasteiger partial charge in [-0.25, -0.2) is 0 Å². The molecule has 1 spiro atoms. The van der Waals surface area contributed by atoms with Crippen LogP contribution >= 0.6 is 11.3 Å². The first-order valence-electron chi connectivity index (χ1n) is 10.1. The minimum absolute atomic E-state index is 0.0236. The van der Waals surface area contributed by atoms with Gasteiger partial charge in [0.2, 0.25) is 5.95 Å². The average Bonchev–Trinajstić information content (AvgIpc) is 3.47. The fourth-order valence-electron chi connectivity index (χ4n) is 4.52. The Hall–Kier alpha value is -2.67. The molecule has 156 valence electrons. The molecule has 0 aliphatic carbocycles. The Morgan fingerprint density at radius 3 is 2.83 bits per heavy atom. The summed E-state index contributed by atoms with van der Waals surface area (Å²) in [5.41, 5.74) is 7.21. The van der Waals surface area contributed by atoms with E-state index in [2.05, 4.69) is 26.9 Å². The second-order valence-corrected chi connectivity index (χ2v) is 9.14. The lowest BCUT2D eigenvalue weighted by Crippen LogP contribution is -2.51. The Kier molecular flexibility index (Phi) is 4.65. The fraction of sp³-hybridized carbons (Fsp3) is 0.476. The predicted octanol–water partition coefficient (Wildman–Crippen LogP) is 1.45. The number of piperidine rings is 1. The van der Waals surface area contributed by atoms with E-state index in [0.29, 0.717) is 29.3 Å². The average molecular weight is 425 g/mol. The summed E-state index contributed by atoms with van der Waals surface area (Å²) in [5.74, 6) is 6.72. The summed E-state index contributed by atoms with van der Waals surface area (Å²) in [6.07, 6.45) is 1.93. The molecule has 5 rings (SSSR count). The van der Waals surface area contributed by atoms with Crippen LogP contribution < -0.4 is 16.2 Å². The molecule has 2 fully saturated rings. The van der Waals surface area contributed by atoms with Crippen molar-refractivity contribution in [1.29, 1.82) is 0 Å². The van der Waals surface area contributed by atoms with Crippen molar-refractivity contribution in [2.45, 2.75) is 31.9 Å². The van der Waals surface area contributed by atoms with E-state index >= 15 is 0 Å². The molecule has 3 aromatic heterocycles. The van der Waals surface area contributed by atoms with Gasteiger partial charge in [0, 0.05) is 31.6 Å². The molecular weight excluding hydrogens is 400 g/mol. The third-order valence-electron chi connectivity index (χ3n) is 6.49. The molecule has 0 aromatic carbocycles. The third kappa shape index (κ3) is 3.03. The van der Waals surface area contributed by atoms with E-state index in [-0.39, 0.29) is 23.1 Å². The summed E-state index contributed by atoms with van der Waals surface area (Å²) in [7, 11) is 1.75. The molecule has 3 aromatic rings. The number of thiophene rings is 1. The highest BCUT2D eigenvalue weighted by Gasteiger charge is 2.47. The molecule has 0 unspecified atom stereocenters. The van der Waals surface area contributed by atoms with Gasteiger partial charge in [-0.1, -0.05) is 6.07 Å². The Labute approximate surface area is 178 Å². The van der Waals surface area contributed by atoms with Crippen LogP contribution in [0.25, 0.3) is 11.0 Å². The number of aromatic nitrogens is 4. The topological polar surface area (TPSA) is 102 Å². The summed E-state index contributed by atoms with van der Waals surface area (Å²) in [6.45, 7) is 4.32. The largest absolute Gasteiger partial charge is 0.376 e. The molecule has 9 heteroatoms. The predicted molar refractivity (Wildman–Crippen MR) is 117 cm³/mol. The Morgan fingerprint density at radius 2 is 2.17 bits per heavy atom. The Bertz CT molecular complexity index is 1190. The van der Waals surface area contributed by atoms with E-state index < -0.39 is 0 Å². The van der Waals surface area contributed by atoms with Crippen LogP contribution in [0.2, 0.25) is 0 Å². The summed E-state index contributed by atoms with van der Waals surface area (Å²) in [4.78, 5) is 20.9. The maximum atomic E-state index is 13.1. The van der Waals surface area contributed by atoms with Gasteiger partial charge in [-0.15, -0.1) is 11.3 Å². The highest BCUT2D eigenvalue weighted by atomic mass is 32.1. The summed E-state index contributed by atoms with van der Waals surface area (Å²) in [6, 6.07) is 3.94. The third-order valence-corrected chi connectivity index (χ3v) is 7.28. The highest BCUT2D eigenvalue weighted by Crippen LogP contribution is 2.41. The normalized spacial score (nSPS) is 23.1. The van der Waals surface area contributed by atoms with Gasteiger partial charge in [-0.3, -0.25) is 14.5 Å². The van der Waals surface area contributed by atoms with E-state index in [1.54, 1.807) is 23.0 Å². The van der Waals surface area contributed by atoms with Crippen molar-refractivity contribution in [3.8, 4) is 11.8 Å². The van der Waals surface area contributed by atoms with Crippen molar-refractivity contribution in [2.75, 3.05) is 24.6 Å². The molecule has 8 nitrogen and oxygen atoms in total. The van der Waals surface area contributed by atoms with Gasteiger partial charge in [0.15, 0.2) is 5.65 Å². The van der Waals surface area contributed by atoms with E-state index in [1.807, 2.05) is 24.4 Å². The van der Waals surface area contributed by atoms with Gasteiger partial charge in [0.05, 0.1) is 17.6 Å². The molecule has 0 bridgehead atoms. The number of nitrogens with zero attached hydrogens (tertiary/aromatic N) is 4. The lowest BCUT2D eigenvalue weighted by Gasteiger charge is -2.41. The van der Waals surface area contributed by atoms with Gasteiger partial charge in [0.1, 0.15) is 11.1 Å². The van der Waals surface area contributed by atoms with Crippen LogP contribution in [0, 0.1) is 17.3 Å². The SMILES string of the molecule is C[C@@H]1OCC2(CCN(c3nc4n[nH]c(C#Cc5cccs5)c4c(=O)n3C)CC2)[C@@H]1N. The van der Waals surface area contributed by atoms with Gasteiger partial charge in [0.25, 0.3) is 5.56 Å². The molecule has 2 saturated heterocycles. The number of nitrogens with one attached hydrogen (secondary N) is 1. The second kappa shape index (κ2) is 7.23. The first kappa shape index (κ1) is 19.3. The zero-order valence-corrected chi connectivity index (χ0v) is 17.8. The van der Waals surface area contributed by atoms with Crippen molar-refractivity contribution in [3.05, 3.63) is 38.4 Å². The number of H-pyrrole nitrogens is 1. The quantitative estimate of drug-likeness (QED) is 0.574. The molecule has 3 N–H and O–H groups in total. The maximum Gasteiger partial charge on any atom is 0.267 e. The number of anilines is 1. The number of fused-ring (bicyclic) bond motifs is 1. The monoisotopic (exact) mass is 424 g/mol. The van der Waals surface area contributed by atoms with Crippen LogP contribution in [0.3, 0.4) is 0 Å². The molecule has 2 aliphatic rings.